The van der Waals surface area contributed by atoms with Crippen LogP contribution in [0.1, 0.15) is 36.6 Å². The maximum absolute atomic E-state index is 6.29. The quantitative estimate of drug-likeness (QED) is 0.854. The number of benzene rings is 1. The van der Waals surface area contributed by atoms with Gasteiger partial charge in [0.25, 0.3) is 0 Å². The minimum absolute atomic E-state index is 0.173. The topological polar surface area (TPSA) is 21.3 Å². The largest absolute Gasteiger partial charge is 0.488 e. The summed E-state index contributed by atoms with van der Waals surface area (Å²) in [5.41, 5.74) is 3.46. The summed E-state index contributed by atoms with van der Waals surface area (Å²) in [6.07, 6.45) is 0.173. The maximum atomic E-state index is 6.29. The van der Waals surface area contributed by atoms with E-state index in [-0.39, 0.29) is 12.1 Å². The highest BCUT2D eigenvalue weighted by Gasteiger charge is 2.33. The Balaban J connectivity index is 2.52. The van der Waals surface area contributed by atoms with Crippen molar-refractivity contribution < 1.29 is 4.74 Å². The lowest BCUT2D eigenvalue weighted by molar-refractivity contribution is 0.211. The van der Waals surface area contributed by atoms with Crippen molar-refractivity contribution in [2.75, 3.05) is 6.54 Å². The van der Waals surface area contributed by atoms with Gasteiger partial charge in [0, 0.05) is 10.6 Å². The van der Waals surface area contributed by atoms with Gasteiger partial charge >= 0.3 is 0 Å². The molecule has 0 spiro atoms. The summed E-state index contributed by atoms with van der Waals surface area (Å²) in [7, 11) is 0. The van der Waals surface area contributed by atoms with Crippen LogP contribution in [0, 0.1) is 13.8 Å². The van der Waals surface area contributed by atoms with Crippen molar-refractivity contribution in [1.82, 2.24) is 5.32 Å². The summed E-state index contributed by atoms with van der Waals surface area (Å²) in [6.45, 7) is 9.22. The molecule has 0 fully saturated rings. The van der Waals surface area contributed by atoms with Gasteiger partial charge in [-0.15, -0.1) is 0 Å². The molecule has 1 aliphatic rings. The molecule has 2 nitrogen and oxygen atoms in total. The Morgan fingerprint density at radius 2 is 2.12 bits per heavy atom. The molecule has 2 atom stereocenters. The molecule has 0 bridgehead atoms. The van der Waals surface area contributed by atoms with Crippen molar-refractivity contribution in [3.8, 4) is 5.75 Å². The van der Waals surface area contributed by atoms with Gasteiger partial charge in [0.1, 0.15) is 11.9 Å². The summed E-state index contributed by atoms with van der Waals surface area (Å²) in [4.78, 5) is 0. The van der Waals surface area contributed by atoms with Crippen molar-refractivity contribution in [3.05, 3.63) is 27.8 Å². The van der Waals surface area contributed by atoms with Gasteiger partial charge in [-0.2, -0.15) is 0 Å². The molecule has 88 valence electrons. The van der Waals surface area contributed by atoms with E-state index in [0.29, 0.717) is 0 Å². The second-order valence-electron chi connectivity index (χ2n) is 4.40. The van der Waals surface area contributed by atoms with Crippen LogP contribution in [0.3, 0.4) is 0 Å². The summed E-state index contributed by atoms with van der Waals surface area (Å²) < 4.78 is 5.87. The molecule has 2 unspecified atom stereocenters. The van der Waals surface area contributed by atoms with Gasteiger partial charge in [0.05, 0.1) is 6.04 Å². The van der Waals surface area contributed by atoms with Gasteiger partial charge in [0.2, 0.25) is 0 Å². The van der Waals surface area contributed by atoms with Gasteiger partial charge in [-0.05, 0) is 44.5 Å². The number of halogens is 1. The molecule has 0 aromatic heterocycles. The van der Waals surface area contributed by atoms with Crippen LogP contribution in [-0.4, -0.2) is 12.6 Å². The molecular formula is C13H18ClNO. The number of nitrogens with one attached hydrogen (secondary N) is 1. The molecule has 1 N–H and O–H groups in total. The van der Waals surface area contributed by atoms with E-state index in [1.807, 2.05) is 13.0 Å². The van der Waals surface area contributed by atoms with Crippen LogP contribution >= 0.6 is 11.6 Å². The Hall–Kier alpha value is -0.730. The van der Waals surface area contributed by atoms with E-state index in [1.54, 1.807) is 0 Å². The summed E-state index contributed by atoms with van der Waals surface area (Å²) in [5, 5.41) is 4.31. The molecule has 0 saturated carbocycles. The first-order valence-electron chi connectivity index (χ1n) is 5.75. The van der Waals surface area contributed by atoms with Gasteiger partial charge in [-0.25, -0.2) is 0 Å². The molecule has 16 heavy (non-hydrogen) atoms. The second-order valence-corrected chi connectivity index (χ2v) is 4.78. The smallest absolute Gasteiger partial charge is 0.125 e. The van der Waals surface area contributed by atoms with E-state index in [9.17, 15) is 0 Å². The van der Waals surface area contributed by atoms with Gasteiger partial charge in [-0.1, -0.05) is 18.5 Å². The number of ether oxygens (including phenoxy) is 1. The number of aryl methyl sites for hydroxylation is 1. The van der Waals surface area contributed by atoms with E-state index in [4.69, 9.17) is 16.3 Å². The zero-order valence-corrected chi connectivity index (χ0v) is 11.0. The third kappa shape index (κ3) is 1.70. The number of fused-ring (bicyclic) bond motifs is 1. The lowest BCUT2D eigenvalue weighted by atomic mass is 9.97. The van der Waals surface area contributed by atoms with Gasteiger partial charge in [-0.3, -0.25) is 0 Å². The third-order valence-electron chi connectivity index (χ3n) is 3.21. The van der Waals surface area contributed by atoms with Crippen LogP contribution in [0.4, 0.5) is 0 Å². The lowest BCUT2D eigenvalue weighted by Crippen LogP contribution is -2.28. The molecular weight excluding hydrogens is 222 g/mol. The highest BCUT2D eigenvalue weighted by atomic mass is 35.5. The Labute approximate surface area is 102 Å². The zero-order valence-electron chi connectivity index (χ0n) is 10.2. The molecule has 1 aromatic rings. The Morgan fingerprint density at radius 1 is 1.44 bits per heavy atom. The second kappa shape index (κ2) is 4.27. The fraction of sp³-hybridized carbons (Fsp3) is 0.538. The molecule has 0 saturated heterocycles. The van der Waals surface area contributed by atoms with Crippen molar-refractivity contribution in [1.29, 1.82) is 0 Å². The minimum Gasteiger partial charge on any atom is -0.488 e. The molecule has 0 amide bonds. The Kier molecular flexibility index (Phi) is 3.13. The van der Waals surface area contributed by atoms with Crippen LogP contribution in [0.25, 0.3) is 0 Å². The highest BCUT2D eigenvalue weighted by molar-refractivity contribution is 6.32. The first kappa shape index (κ1) is 11.7. The number of rotatable bonds is 2. The lowest BCUT2D eigenvalue weighted by Gasteiger charge is -2.17. The van der Waals surface area contributed by atoms with E-state index >= 15 is 0 Å². The molecule has 1 heterocycles. The van der Waals surface area contributed by atoms with Gasteiger partial charge in [0.15, 0.2) is 0 Å². The summed E-state index contributed by atoms with van der Waals surface area (Å²) >= 11 is 6.29. The first-order chi connectivity index (χ1) is 7.56. The van der Waals surface area contributed by atoms with E-state index < -0.39 is 0 Å². The third-order valence-corrected chi connectivity index (χ3v) is 3.79. The van der Waals surface area contributed by atoms with Crippen molar-refractivity contribution in [3.63, 3.8) is 0 Å². The summed E-state index contributed by atoms with van der Waals surface area (Å²) in [5.74, 6) is 0.984. The monoisotopic (exact) mass is 239 g/mol. The van der Waals surface area contributed by atoms with Gasteiger partial charge < -0.3 is 10.1 Å². The van der Waals surface area contributed by atoms with Crippen LogP contribution in [0.2, 0.25) is 5.02 Å². The Bertz CT molecular complexity index is 417. The van der Waals surface area contributed by atoms with Crippen LogP contribution < -0.4 is 10.1 Å². The molecule has 2 rings (SSSR count). The van der Waals surface area contributed by atoms with Crippen molar-refractivity contribution in [2.45, 2.75) is 39.8 Å². The minimum atomic E-state index is 0.173. The molecule has 1 aromatic carbocycles. The predicted octanol–water partition coefficient (Wildman–Crippen LogP) is 3.39. The van der Waals surface area contributed by atoms with Crippen molar-refractivity contribution >= 4 is 11.6 Å². The van der Waals surface area contributed by atoms with Crippen LogP contribution in [0.5, 0.6) is 5.75 Å². The molecule has 0 aliphatic carbocycles. The maximum Gasteiger partial charge on any atom is 0.125 e. The predicted molar refractivity (Wildman–Crippen MR) is 67.4 cm³/mol. The number of hydrogen-bond acceptors (Lipinski definition) is 2. The average Bonchev–Trinajstić information content (AvgIpc) is 2.53. The summed E-state index contributed by atoms with van der Waals surface area (Å²) in [6, 6.07) is 2.30. The number of hydrogen-bond donors (Lipinski definition) is 1. The average molecular weight is 240 g/mol. The van der Waals surface area contributed by atoms with Crippen LogP contribution in [0.15, 0.2) is 6.07 Å². The zero-order chi connectivity index (χ0) is 11.9. The fourth-order valence-corrected chi connectivity index (χ4v) is 2.57. The first-order valence-corrected chi connectivity index (χ1v) is 6.13. The van der Waals surface area contributed by atoms with Crippen LogP contribution in [-0.2, 0) is 0 Å². The van der Waals surface area contributed by atoms with E-state index in [1.165, 1.54) is 5.56 Å². The fourth-order valence-electron chi connectivity index (χ4n) is 2.41. The Morgan fingerprint density at radius 3 is 2.75 bits per heavy atom. The normalized spacial score (nSPS) is 23.1. The standard InChI is InChI=1S/C13H18ClNO/c1-5-15-13-9(4)16-10-6-7(2)12(14)8(3)11(10)13/h6,9,13,15H,5H2,1-4H3. The van der Waals surface area contributed by atoms with E-state index in [2.05, 4.69) is 26.1 Å². The molecule has 1 aliphatic heterocycles. The SMILES string of the molecule is CCNC1c2c(cc(C)c(Cl)c2C)OC1C. The molecule has 3 heteroatoms. The number of likely N-dealkylation sites (N-methyl/N-ethyl adjacent to an activating group) is 1. The van der Waals surface area contributed by atoms with E-state index in [0.717, 1.165) is 28.4 Å². The van der Waals surface area contributed by atoms with Crippen molar-refractivity contribution in [2.24, 2.45) is 0 Å². The molecule has 0 radical (unpaired) electrons. The highest BCUT2D eigenvalue weighted by Crippen LogP contribution is 2.42.